The zero-order valence-electron chi connectivity index (χ0n) is 14.0. The number of ether oxygens (including phenoxy) is 1. The van der Waals surface area contributed by atoms with Crippen LogP contribution in [0.2, 0.25) is 0 Å². The Labute approximate surface area is 149 Å². The highest BCUT2D eigenvalue weighted by Crippen LogP contribution is 2.28. The lowest BCUT2D eigenvalue weighted by Crippen LogP contribution is -2.47. The summed E-state index contributed by atoms with van der Waals surface area (Å²) in [5.74, 6) is -0.195. The first-order chi connectivity index (χ1) is 10.9. The molecular formula is C16H25ClN2O4S. The molecule has 0 aromatic heterocycles. The lowest BCUT2D eigenvalue weighted by atomic mass is 9.79. The van der Waals surface area contributed by atoms with E-state index in [0.29, 0.717) is 18.7 Å². The lowest BCUT2D eigenvalue weighted by Gasteiger charge is -2.37. The average Bonchev–Trinajstić information content (AvgIpc) is 2.53. The first kappa shape index (κ1) is 20.9. The first-order valence-corrected chi connectivity index (χ1v) is 9.53. The van der Waals surface area contributed by atoms with Crippen molar-refractivity contribution in [3.63, 3.8) is 0 Å². The molecule has 1 saturated heterocycles. The van der Waals surface area contributed by atoms with Gasteiger partial charge in [-0.15, -0.1) is 12.4 Å². The number of nitrogens with one attached hydrogen (secondary N) is 2. The molecule has 0 unspecified atom stereocenters. The van der Waals surface area contributed by atoms with Crippen LogP contribution in [0.1, 0.15) is 23.2 Å². The topological polar surface area (TPSA) is 84.5 Å². The van der Waals surface area contributed by atoms with E-state index >= 15 is 0 Å². The number of rotatable bonds is 6. The van der Waals surface area contributed by atoms with E-state index in [1.165, 1.54) is 24.3 Å². The van der Waals surface area contributed by atoms with Crippen LogP contribution in [-0.4, -0.2) is 53.9 Å². The molecule has 0 atom stereocenters. The summed E-state index contributed by atoms with van der Waals surface area (Å²) in [6.07, 6.45) is 3.05. The van der Waals surface area contributed by atoms with E-state index in [0.717, 1.165) is 32.2 Å². The SMILES string of the molecule is COCC1(CNC(=O)c2ccc(S(C)(=O)=O)cc2)CCNCC1.Cl. The Morgan fingerprint density at radius 1 is 1.25 bits per heavy atom. The van der Waals surface area contributed by atoms with Gasteiger partial charge in [0.05, 0.1) is 11.5 Å². The fraction of sp³-hybridized carbons (Fsp3) is 0.562. The van der Waals surface area contributed by atoms with Crippen LogP contribution in [0.4, 0.5) is 0 Å². The molecule has 2 rings (SSSR count). The van der Waals surface area contributed by atoms with Gasteiger partial charge in [0.15, 0.2) is 9.84 Å². The maximum absolute atomic E-state index is 12.3. The molecule has 1 fully saturated rings. The van der Waals surface area contributed by atoms with Gasteiger partial charge in [0.25, 0.3) is 5.91 Å². The third-order valence-electron chi connectivity index (χ3n) is 4.28. The summed E-state index contributed by atoms with van der Waals surface area (Å²) in [7, 11) is -1.57. The Bertz CT molecular complexity index is 635. The van der Waals surface area contributed by atoms with Crippen molar-refractivity contribution in [2.24, 2.45) is 5.41 Å². The van der Waals surface area contributed by atoms with Crippen molar-refractivity contribution < 1.29 is 17.9 Å². The summed E-state index contributed by atoms with van der Waals surface area (Å²) in [4.78, 5) is 12.5. The first-order valence-electron chi connectivity index (χ1n) is 7.64. The van der Waals surface area contributed by atoms with Gasteiger partial charge in [0.2, 0.25) is 0 Å². The molecule has 1 heterocycles. The van der Waals surface area contributed by atoms with Crippen LogP contribution in [0.3, 0.4) is 0 Å². The zero-order valence-corrected chi connectivity index (χ0v) is 15.6. The zero-order chi connectivity index (χ0) is 16.9. The quantitative estimate of drug-likeness (QED) is 0.780. The third kappa shape index (κ3) is 5.44. The van der Waals surface area contributed by atoms with Crippen molar-refractivity contribution in [1.29, 1.82) is 0 Å². The highest BCUT2D eigenvalue weighted by Gasteiger charge is 2.32. The lowest BCUT2D eigenvalue weighted by molar-refractivity contribution is 0.0511. The molecule has 24 heavy (non-hydrogen) atoms. The molecule has 1 aliphatic heterocycles. The highest BCUT2D eigenvalue weighted by molar-refractivity contribution is 7.90. The molecule has 1 aromatic carbocycles. The van der Waals surface area contributed by atoms with Crippen molar-refractivity contribution in [1.82, 2.24) is 10.6 Å². The van der Waals surface area contributed by atoms with Crippen LogP contribution in [0.25, 0.3) is 0 Å². The van der Waals surface area contributed by atoms with E-state index in [2.05, 4.69) is 10.6 Å². The van der Waals surface area contributed by atoms with E-state index in [4.69, 9.17) is 4.74 Å². The van der Waals surface area contributed by atoms with Crippen molar-refractivity contribution in [3.8, 4) is 0 Å². The Kier molecular flexibility index (Phi) is 7.66. The third-order valence-corrected chi connectivity index (χ3v) is 5.41. The van der Waals surface area contributed by atoms with E-state index < -0.39 is 9.84 Å². The summed E-state index contributed by atoms with van der Waals surface area (Å²) in [6.45, 7) is 3.00. The molecule has 6 nitrogen and oxygen atoms in total. The number of hydrogen-bond acceptors (Lipinski definition) is 5. The average molecular weight is 377 g/mol. The van der Waals surface area contributed by atoms with E-state index in [-0.39, 0.29) is 28.6 Å². The molecule has 0 spiro atoms. The maximum atomic E-state index is 12.3. The summed E-state index contributed by atoms with van der Waals surface area (Å²) in [5, 5.41) is 6.27. The smallest absolute Gasteiger partial charge is 0.251 e. The Hall–Kier alpha value is -1.15. The second kappa shape index (κ2) is 8.80. The van der Waals surface area contributed by atoms with Crippen LogP contribution in [0.5, 0.6) is 0 Å². The van der Waals surface area contributed by atoms with Gasteiger partial charge in [0, 0.05) is 30.9 Å². The molecule has 1 amide bonds. The van der Waals surface area contributed by atoms with Gasteiger partial charge in [0.1, 0.15) is 0 Å². The summed E-state index contributed by atoms with van der Waals surface area (Å²) < 4.78 is 28.2. The summed E-state index contributed by atoms with van der Waals surface area (Å²) in [5.41, 5.74) is 0.418. The van der Waals surface area contributed by atoms with Gasteiger partial charge in [-0.1, -0.05) is 0 Å². The molecule has 0 aliphatic carbocycles. The molecule has 0 bridgehead atoms. The standard InChI is InChI=1S/C16H24N2O4S.ClH/c1-22-12-16(7-9-17-10-8-16)11-18-15(19)13-3-5-14(6-4-13)23(2,20)21;/h3-6,17H,7-12H2,1-2H3,(H,18,19);1H. The molecule has 2 N–H and O–H groups in total. The molecule has 8 heteroatoms. The Morgan fingerprint density at radius 2 is 1.83 bits per heavy atom. The monoisotopic (exact) mass is 376 g/mol. The van der Waals surface area contributed by atoms with Gasteiger partial charge in [-0.25, -0.2) is 8.42 Å². The van der Waals surface area contributed by atoms with Gasteiger partial charge in [-0.05, 0) is 50.2 Å². The van der Waals surface area contributed by atoms with Crippen LogP contribution in [0.15, 0.2) is 29.2 Å². The minimum Gasteiger partial charge on any atom is -0.384 e. The fourth-order valence-electron chi connectivity index (χ4n) is 2.86. The van der Waals surface area contributed by atoms with Crippen LogP contribution in [0, 0.1) is 5.41 Å². The van der Waals surface area contributed by atoms with E-state index in [1.54, 1.807) is 7.11 Å². The Balaban J connectivity index is 0.00000288. The molecule has 1 aromatic rings. The number of methoxy groups -OCH3 is 1. The van der Waals surface area contributed by atoms with Crippen molar-refractivity contribution in [2.75, 3.05) is 39.6 Å². The molecular weight excluding hydrogens is 352 g/mol. The van der Waals surface area contributed by atoms with Gasteiger partial charge in [-0.2, -0.15) is 0 Å². The molecule has 1 aliphatic rings. The normalized spacial score (nSPS) is 16.9. The predicted molar refractivity (Wildman–Crippen MR) is 95.5 cm³/mol. The largest absolute Gasteiger partial charge is 0.384 e. The Morgan fingerprint density at radius 3 is 2.33 bits per heavy atom. The molecule has 0 saturated carbocycles. The number of sulfone groups is 1. The van der Waals surface area contributed by atoms with Gasteiger partial charge in [-0.3, -0.25) is 4.79 Å². The minimum absolute atomic E-state index is 0. The van der Waals surface area contributed by atoms with Crippen molar-refractivity contribution in [3.05, 3.63) is 29.8 Å². The van der Waals surface area contributed by atoms with Crippen LogP contribution < -0.4 is 10.6 Å². The van der Waals surface area contributed by atoms with Crippen LogP contribution >= 0.6 is 12.4 Å². The second-order valence-corrected chi connectivity index (χ2v) is 8.18. The number of carbonyl (C=O) groups is 1. The minimum atomic E-state index is -3.25. The summed E-state index contributed by atoms with van der Waals surface area (Å²) >= 11 is 0. The molecule has 0 radical (unpaired) electrons. The second-order valence-electron chi connectivity index (χ2n) is 6.16. The van der Waals surface area contributed by atoms with E-state index in [1.807, 2.05) is 0 Å². The van der Waals surface area contributed by atoms with Gasteiger partial charge >= 0.3 is 0 Å². The summed E-state index contributed by atoms with van der Waals surface area (Å²) in [6, 6.07) is 5.99. The molecule has 136 valence electrons. The predicted octanol–water partition coefficient (Wildman–Crippen LogP) is 1.26. The van der Waals surface area contributed by atoms with Crippen molar-refractivity contribution >= 4 is 28.2 Å². The van der Waals surface area contributed by atoms with Crippen molar-refractivity contribution in [2.45, 2.75) is 17.7 Å². The fourth-order valence-corrected chi connectivity index (χ4v) is 3.49. The number of amides is 1. The number of hydrogen-bond donors (Lipinski definition) is 2. The highest BCUT2D eigenvalue weighted by atomic mass is 35.5. The number of carbonyl (C=O) groups excluding carboxylic acids is 1. The number of piperidine rings is 1. The van der Waals surface area contributed by atoms with Crippen LogP contribution in [-0.2, 0) is 14.6 Å². The number of halogens is 1. The maximum Gasteiger partial charge on any atom is 0.251 e. The van der Waals surface area contributed by atoms with E-state index in [9.17, 15) is 13.2 Å². The van der Waals surface area contributed by atoms with Gasteiger partial charge < -0.3 is 15.4 Å². The number of benzene rings is 1.